The van der Waals surface area contributed by atoms with Crippen molar-refractivity contribution >= 4 is 150 Å². The number of aromatic amines is 2. The lowest BCUT2D eigenvalue weighted by molar-refractivity contribution is -0.149. The molecule has 3 saturated heterocycles. The number of aromatic hydroxyl groups is 1. The van der Waals surface area contributed by atoms with E-state index in [0.717, 1.165) is 26.7 Å². The van der Waals surface area contributed by atoms with E-state index in [1.807, 2.05) is 51.3 Å². The second kappa shape index (κ2) is 51.4. The van der Waals surface area contributed by atoms with E-state index in [1.165, 1.54) is 95.8 Å². The number of nitrogens with one attached hydrogen (secondary N) is 14. The number of rotatable bonds is 27. The van der Waals surface area contributed by atoms with Gasteiger partial charge in [-0.2, -0.15) is 0 Å². The van der Waals surface area contributed by atoms with Crippen LogP contribution in [0.1, 0.15) is 153 Å². The van der Waals surface area contributed by atoms with Gasteiger partial charge in [0.05, 0.1) is 25.2 Å². The van der Waals surface area contributed by atoms with Gasteiger partial charge in [-0.05, 0) is 129 Å². The number of imidazole rings is 1. The summed E-state index contributed by atoms with van der Waals surface area (Å²) in [7, 11) is 3.97. The molecule has 44 heteroatoms. The van der Waals surface area contributed by atoms with Crippen LogP contribution in [0, 0.1) is 11.3 Å². The molecule has 9 rings (SSSR count). The predicted molar refractivity (Wildman–Crippen MR) is 507 cm³/mol. The highest BCUT2D eigenvalue weighted by molar-refractivity contribution is 8.00. The Labute approximate surface area is 796 Å². The van der Waals surface area contributed by atoms with E-state index < -0.39 is 228 Å². The van der Waals surface area contributed by atoms with Crippen LogP contribution in [0.3, 0.4) is 0 Å². The summed E-state index contributed by atoms with van der Waals surface area (Å²) in [6.07, 6.45) is 4.74. The van der Waals surface area contributed by atoms with E-state index in [-0.39, 0.29) is 115 Å². The number of H-pyrrole nitrogens is 2. The summed E-state index contributed by atoms with van der Waals surface area (Å²) in [5, 5.41) is 62.1. The van der Waals surface area contributed by atoms with Crippen molar-refractivity contribution in [2.45, 2.75) is 241 Å². The van der Waals surface area contributed by atoms with Crippen LogP contribution in [0.2, 0.25) is 0 Å². The summed E-state index contributed by atoms with van der Waals surface area (Å²) in [4.78, 5) is 267. The first-order valence-corrected chi connectivity index (χ1v) is 47.9. The van der Waals surface area contributed by atoms with Crippen molar-refractivity contribution in [1.29, 1.82) is 5.41 Å². The number of hydrogen-bond acceptors (Lipinski definition) is 23. The summed E-state index contributed by atoms with van der Waals surface area (Å²) in [6.45, 7) is 6.84. The zero-order chi connectivity index (χ0) is 99.1. The normalized spacial score (nSPS) is 24.1. The highest BCUT2D eigenvalue weighted by atomic mass is 32.2. The molecule has 42 nitrogen and oxygen atoms in total. The fourth-order valence-electron chi connectivity index (χ4n) is 16.8. The van der Waals surface area contributed by atoms with Gasteiger partial charge in [0.2, 0.25) is 100 Å². The van der Waals surface area contributed by atoms with Crippen LogP contribution in [0.15, 0.2) is 96.9 Å². The number of thiophene rings is 1. The fourth-order valence-corrected chi connectivity index (χ4v) is 18.7. The lowest BCUT2D eigenvalue weighted by atomic mass is 10.00. The molecule has 0 unspecified atom stereocenters. The van der Waals surface area contributed by atoms with Gasteiger partial charge >= 0.3 is 0 Å². The number of thioether (sulfide) groups is 1. The van der Waals surface area contributed by atoms with Gasteiger partial charge in [-0.15, -0.1) is 23.1 Å². The van der Waals surface area contributed by atoms with E-state index in [1.54, 1.807) is 36.5 Å². The number of para-hydroxylation sites is 1. The van der Waals surface area contributed by atoms with Crippen molar-refractivity contribution < 1.29 is 91.7 Å². The highest BCUT2D eigenvalue weighted by Crippen LogP contribution is 2.30. The molecule has 0 bridgehead atoms. The first kappa shape index (κ1) is 106. The number of aromatic nitrogens is 3. The van der Waals surface area contributed by atoms with Crippen molar-refractivity contribution in [2.24, 2.45) is 23.1 Å². The third-order valence-electron chi connectivity index (χ3n) is 24.5. The average Bonchev–Trinajstić information content (AvgIpc) is 1.65. The average molecular weight is 1930 g/mol. The molecule has 14 atom stereocenters. The second-order valence-electron chi connectivity index (χ2n) is 35.0. The molecule has 3 aromatic heterocycles. The van der Waals surface area contributed by atoms with E-state index in [4.69, 9.17) is 22.6 Å². The molecule has 3 aliphatic rings. The molecule has 17 amide bonds. The Bertz CT molecular complexity index is 5230. The maximum Gasteiger partial charge on any atom is 0.246 e. The second-order valence-corrected chi connectivity index (χ2v) is 36.9. The number of phenolic OH excluding ortho intramolecular Hbond substituents is 1. The summed E-state index contributed by atoms with van der Waals surface area (Å²) < 4.78 is 0.828. The van der Waals surface area contributed by atoms with Crippen LogP contribution in [-0.4, -0.2) is 306 Å². The van der Waals surface area contributed by atoms with Crippen LogP contribution in [-0.2, 0) is 107 Å². The number of benzene rings is 3. The molecule has 0 aliphatic carbocycles. The van der Waals surface area contributed by atoms with Gasteiger partial charge in [0.25, 0.3) is 0 Å². The number of aliphatic hydroxyl groups excluding tert-OH is 1. The molecule has 6 heterocycles. The van der Waals surface area contributed by atoms with Gasteiger partial charge in [0.15, 0.2) is 5.96 Å². The van der Waals surface area contributed by atoms with Gasteiger partial charge in [-0.1, -0.05) is 102 Å². The molecule has 0 radical (unpaired) electrons. The molecule has 136 heavy (non-hydrogen) atoms. The third kappa shape index (κ3) is 29.9. The first-order valence-electron chi connectivity index (χ1n) is 45.9. The summed E-state index contributed by atoms with van der Waals surface area (Å²) in [6, 6.07) is -0.746. The summed E-state index contributed by atoms with van der Waals surface area (Å²) in [5.74, 6) is -16.8. The zero-order valence-corrected chi connectivity index (χ0v) is 79.5. The molecule has 0 saturated carbocycles. The number of guanidine groups is 1. The van der Waals surface area contributed by atoms with E-state index in [0.29, 0.717) is 59.0 Å². The number of carbonyl (C=O) groups is 17. The number of fused-ring (bicyclic) bond motifs is 4. The van der Waals surface area contributed by atoms with E-state index in [9.17, 15) is 48.6 Å². The lowest BCUT2D eigenvalue weighted by Gasteiger charge is -2.36. The van der Waals surface area contributed by atoms with E-state index >= 15 is 43.2 Å². The molecule has 22 N–H and O–H groups in total. The largest absolute Gasteiger partial charge is 0.508 e. The Morgan fingerprint density at radius 3 is 1.71 bits per heavy atom. The topological polar surface area (TPSA) is 626 Å². The Morgan fingerprint density at radius 2 is 1.09 bits per heavy atom. The number of nitrogens with two attached hydrogens (primary N) is 3. The minimum Gasteiger partial charge on any atom is -0.508 e. The van der Waals surface area contributed by atoms with Gasteiger partial charge in [-0.3, -0.25) is 86.9 Å². The number of likely N-dealkylation sites (N-methyl/N-ethyl adjacent to an activating group) is 3. The van der Waals surface area contributed by atoms with Gasteiger partial charge in [0, 0.05) is 112 Å². The molecule has 6 aromatic rings. The van der Waals surface area contributed by atoms with Gasteiger partial charge in [0.1, 0.15) is 90.3 Å². The summed E-state index contributed by atoms with van der Waals surface area (Å²) >= 11 is 2.14. The number of unbranched alkanes of at least 4 members (excludes halogenated alkanes) is 2. The standard InChI is InChI=1S/C92H129N23O19S2/c1-9-11-24-70-84(127)104-61(23-17-35-98-92(95)96)80(123)110-69(79(122)100-45-76(94)119)48-135-49-77(120)102-65(39-53-29-31-57(117)32-30-53)87(130)111(6)52(5)78(121)103-62(33-34-75(93)118)81(124)107-67(42-56-44-97-50-101-56)90(133)115-37-19-27-72(115)86(129)108-64(38-51(3)4)89(132)114-36-18-26-71(114)85(128)105-63(40-54-43-99-60-22-15-13-20-58(54)60)82(125)109-68(46-116)83(126)106-66(41-55-47-136-74-28-16-14-21-59(55)74)88(131)113(8)73(25-12-10-2)91(134)112(70)7/h13-16,20-22,28-32,43-44,47,50-52,61-73,99,116-117H,9-12,17-19,23-27,33-42,45-46,48-49H2,1-8H3,(H2,93,118)(H2,94,119)(H,97,101)(H,100,122)(H,102,120)(H,103,121)(H,104,127)(H,105,128)(H,106,126)(H,107,124)(H,108,129)(H,109,125)(H,110,123)(H4,95,96,98)/t52-,61-,62-,63-,64-,65-,66-,67-,68-,69-,70-,71-,72-,73-/m0/s1. The lowest BCUT2D eigenvalue weighted by Crippen LogP contribution is -2.61. The van der Waals surface area contributed by atoms with Gasteiger partial charge in [-0.25, -0.2) is 4.98 Å². The number of phenols is 1. The number of nitrogens with zero attached hydrogens (tertiary/aromatic N) is 6. The number of primary amides is 2. The predicted octanol–water partition coefficient (Wildman–Crippen LogP) is -0.776. The van der Waals surface area contributed by atoms with Crippen LogP contribution in [0.25, 0.3) is 21.0 Å². The minimum absolute atomic E-state index is 0.00564. The maximum absolute atomic E-state index is 15.8. The Hall–Kier alpha value is -13.3. The van der Waals surface area contributed by atoms with Crippen LogP contribution in [0.4, 0.5) is 0 Å². The Balaban J connectivity index is 1.10. The third-order valence-corrected chi connectivity index (χ3v) is 26.5. The van der Waals surface area contributed by atoms with Crippen molar-refractivity contribution in [1.82, 2.24) is 97.9 Å². The quantitative estimate of drug-likeness (QED) is 0.0171. The van der Waals surface area contributed by atoms with Crippen molar-refractivity contribution in [3.8, 4) is 5.75 Å². The Morgan fingerprint density at radius 1 is 0.544 bits per heavy atom. The van der Waals surface area contributed by atoms with Crippen molar-refractivity contribution in [3.63, 3.8) is 0 Å². The molecule has 3 aromatic carbocycles. The monoisotopic (exact) mass is 1920 g/mol. The van der Waals surface area contributed by atoms with Crippen LogP contribution in [0.5, 0.6) is 5.75 Å². The number of aliphatic hydroxyl groups is 1. The Kier molecular flexibility index (Phi) is 40.3. The minimum atomic E-state index is -1.83. The number of carbonyl (C=O) groups excluding carboxylic acids is 17. The SMILES string of the molecule is CCCC[C@H]1C(=O)N(C)[C@@H](CCCC)C(=O)N[C@@H](CCCNC(=N)N)C(=O)N[C@H](C(=O)NCC(N)=O)CSCC(=O)N[C@@H](Cc2ccc(O)cc2)C(=O)N(C)[C@@H](C)C(=O)N[C@@H](CCC(N)=O)C(=O)N[C@@H](Cc2cnc[nH]2)C(=O)N2CCC[C@H]2C(=O)N[C@@H](CC(C)C)C(=O)N2CCC[C@H]2C(=O)N[C@@H](Cc2c[nH]c3ccccc23)C(=O)N[C@@H](CO)C(=O)N[C@@H](Cc2csc3ccccc23)C(=O)N1C. The molecule has 0 spiro atoms. The van der Waals surface area contributed by atoms with Crippen LogP contribution < -0.4 is 75.7 Å². The number of amides is 17. The van der Waals surface area contributed by atoms with Crippen LogP contribution >= 0.6 is 23.1 Å². The van der Waals surface area contributed by atoms with Crippen molar-refractivity contribution in [2.75, 3.05) is 65.4 Å². The van der Waals surface area contributed by atoms with E-state index in [2.05, 4.69) is 73.4 Å². The summed E-state index contributed by atoms with van der Waals surface area (Å²) in [5.41, 5.74) is 19.3. The fraction of sp³-hybridized carbons (Fsp3) is 0.533. The van der Waals surface area contributed by atoms with Gasteiger partial charge < -0.3 is 120 Å². The molecular weight excluding hydrogens is 1800 g/mol. The zero-order valence-electron chi connectivity index (χ0n) is 77.8. The smallest absolute Gasteiger partial charge is 0.246 e. The highest BCUT2D eigenvalue weighted by Gasteiger charge is 2.46. The van der Waals surface area contributed by atoms with Crippen molar-refractivity contribution in [3.05, 3.63) is 119 Å². The molecule has 738 valence electrons. The molecular formula is C92H129N23O19S2. The first-order chi connectivity index (χ1) is 64.9. The number of hydrogen-bond donors (Lipinski definition) is 19. The maximum atomic E-state index is 15.8. The molecule has 3 fully saturated rings. The molecule has 3 aliphatic heterocycles.